The molecule has 2 heterocycles. The van der Waals surface area contributed by atoms with Gasteiger partial charge in [0.2, 0.25) is 0 Å². The van der Waals surface area contributed by atoms with Gasteiger partial charge in [-0.1, -0.05) is 18.2 Å². The zero-order valence-corrected chi connectivity index (χ0v) is 24.3. The summed E-state index contributed by atoms with van der Waals surface area (Å²) >= 11 is 0. The second kappa shape index (κ2) is 11.4. The molecule has 0 radical (unpaired) electrons. The van der Waals surface area contributed by atoms with Crippen LogP contribution in [0.4, 0.5) is 26.2 Å². The van der Waals surface area contributed by atoms with Gasteiger partial charge in [0.25, 0.3) is 5.91 Å². The first-order valence-corrected chi connectivity index (χ1v) is 14.1. The van der Waals surface area contributed by atoms with E-state index in [9.17, 15) is 14.0 Å². The predicted octanol–water partition coefficient (Wildman–Crippen LogP) is 7.18. The molecule has 2 amide bonds. The van der Waals surface area contributed by atoms with Crippen LogP contribution in [0.3, 0.4) is 0 Å². The van der Waals surface area contributed by atoms with Crippen LogP contribution in [0.15, 0.2) is 72.8 Å². The summed E-state index contributed by atoms with van der Waals surface area (Å²) in [6.45, 7) is 5.68. The Bertz CT molecular complexity index is 1410. The van der Waals surface area contributed by atoms with E-state index in [1.165, 1.54) is 17.0 Å². The molecular weight excluding hydrogens is 521 g/mol. The summed E-state index contributed by atoms with van der Waals surface area (Å²) in [5, 5.41) is 0. The lowest BCUT2D eigenvalue weighted by atomic mass is 9.94. The lowest BCUT2D eigenvalue weighted by Gasteiger charge is -2.44. The van der Waals surface area contributed by atoms with Crippen LogP contribution in [0.2, 0.25) is 0 Å². The van der Waals surface area contributed by atoms with Crippen LogP contribution in [0.5, 0.6) is 5.75 Å². The molecule has 0 N–H and O–H groups in total. The third-order valence-electron chi connectivity index (χ3n) is 7.88. The normalized spacial score (nSPS) is 20.0. The minimum Gasteiger partial charge on any atom is -0.497 e. The van der Waals surface area contributed by atoms with Crippen LogP contribution in [0.1, 0.15) is 56.8 Å². The van der Waals surface area contributed by atoms with E-state index in [4.69, 9.17) is 9.47 Å². The maximum absolute atomic E-state index is 13.9. The number of piperidine rings is 1. The van der Waals surface area contributed by atoms with Crippen LogP contribution < -0.4 is 14.5 Å². The highest BCUT2D eigenvalue weighted by Gasteiger charge is 2.46. The number of carbonyl (C=O) groups is 2. The topological polar surface area (TPSA) is 62.3 Å². The molecule has 0 spiro atoms. The van der Waals surface area contributed by atoms with Crippen molar-refractivity contribution >= 4 is 29.1 Å². The number of anilines is 3. The molecule has 2 atom stereocenters. The quantitative estimate of drug-likeness (QED) is 0.320. The largest absolute Gasteiger partial charge is 0.497 e. The number of ether oxygens (including phenoxy) is 2. The van der Waals surface area contributed by atoms with Crippen molar-refractivity contribution < 1.29 is 23.5 Å². The predicted molar refractivity (Wildman–Crippen MR) is 159 cm³/mol. The molecule has 0 aromatic heterocycles. The second-order valence-corrected chi connectivity index (χ2v) is 11.9. The molecule has 2 saturated heterocycles. The summed E-state index contributed by atoms with van der Waals surface area (Å²) in [5.41, 5.74) is 2.24. The maximum Gasteiger partial charge on any atom is 0.410 e. The van der Waals surface area contributed by atoms with E-state index in [2.05, 4.69) is 4.90 Å². The second-order valence-electron chi connectivity index (χ2n) is 11.9. The Balaban J connectivity index is 1.47. The first-order valence-electron chi connectivity index (χ1n) is 14.1. The van der Waals surface area contributed by atoms with Gasteiger partial charge in [-0.3, -0.25) is 4.79 Å². The minimum atomic E-state index is -0.550. The van der Waals surface area contributed by atoms with Crippen LogP contribution in [-0.2, 0) is 4.74 Å². The van der Waals surface area contributed by atoms with E-state index in [-0.39, 0.29) is 30.1 Å². The van der Waals surface area contributed by atoms with Crippen molar-refractivity contribution in [1.29, 1.82) is 0 Å². The average molecular weight is 560 g/mol. The zero-order valence-electron chi connectivity index (χ0n) is 24.3. The minimum absolute atomic E-state index is 0.0747. The Morgan fingerprint density at radius 3 is 2.12 bits per heavy atom. The summed E-state index contributed by atoms with van der Waals surface area (Å²) < 4.78 is 25.2. The summed E-state index contributed by atoms with van der Waals surface area (Å²) in [5.74, 6) is 0.107. The molecule has 5 rings (SSSR count). The Kier molecular flexibility index (Phi) is 7.93. The number of carbonyl (C=O) groups excluding carboxylic acids is 2. The highest BCUT2D eigenvalue weighted by atomic mass is 19.1. The Hall–Kier alpha value is -4.07. The molecule has 2 fully saturated rings. The number of hydrogen-bond acceptors (Lipinski definition) is 5. The number of benzene rings is 3. The molecule has 0 aliphatic carbocycles. The summed E-state index contributed by atoms with van der Waals surface area (Å²) in [7, 11) is 3.29. The van der Waals surface area contributed by atoms with Gasteiger partial charge in [-0.25, -0.2) is 9.18 Å². The standard InChI is InChI=1S/C33H38FN3O4/c1-33(2,3)41-32(39)37-27-15-16-28(37)20-29(19-27)36(26-13-8-14-30(21-26)40-5)25-12-6-9-22(17-25)31(38)35(4)24-11-7-10-23(34)18-24/h6-14,17-18,21,27-29H,15-16,19-20H2,1-5H3. The van der Waals surface area contributed by atoms with Crippen molar-refractivity contribution in [1.82, 2.24) is 4.90 Å². The van der Waals surface area contributed by atoms with Crippen molar-refractivity contribution in [2.75, 3.05) is 24.0 Å². The van der Waals surface area contributed by atoms with Crippen molar-refractivity contribution in [3.63, 3.8) is 0 Å². The molecular formula is C33H38FN3O4. The Morgan fingerprint density at radius 2 is 1.49 bits per heavy atom. The molecule has 2 unspecified atom stereocenters. The monoisotopic (exact) mass is 559 g/mol. The number of hydrogen-bond donors (Lipinski definition) is 0. The van der Waals surface area contributed by atoms with Crippen molar-refractivity contribution in [3.8, 4) is 5.75 Å². The number of methoxy groups -OCH3 is 1. The lowest BCUT2D eigenvalue weighted by Crippen LogP contribution is -2.52. The van der Waals surface area contributed by atoms with E-state index in [0.29, 0.717) is 11.3 Å². The Morgan fingerprint density at radius 1 is 0.878 bits per heavy atom. The van der Waals surface area contributed by atoms with Gasteiger partial charge < -0.3 is 24.2 Å². The van der Waals surface area contributed by atoms with Gasteiger partial charge in [0.15, 0.2) is 0 Å². The van der Waals surface area contributed by atoms with Crippen LogP contribution >= 0.6 is 0 Å². The van der Waals surface area contributed by atoms with Gasteiger partial charge in [0, 0.05) is 53.9 Å². The molecule has 2 aliphatic rings. The number of amides is 2. The molecule has 2 bridgehead atoms. The molecule has 7 nitrogen and oxygen atoms in total. The van der Waals surface area contributed by atoms with Gasteiger partial charge in [0.1, 0.15) is 17.2 Å². The maximum atomic E-state index is 13.9. The molecule has 2 aliphatic heterocycles. The fourth-order valence-corrected chi connectivity index (χ4v) is 6.09. The lowest BCUT2D eigenvalue weighted by molar-refractivity contribution is 0.00616. The van der Waals surface area contributed by atoms with E-state index >= 15 is 0 Å². The van der Waals surface area contributed by atoms with Gasteiger partial charge in [-0.2, -0.15) is 0 Å². The molecule has 3 aromatic rings. The summed E-state index contributed by atoms with van der Waals surface area (Å²) in [6, 6.07) is 21.7. The molecule has 8 heteroatoms. The molecule has 0 saturated carbocycles. The highest BCUT2D eigenvalue weighted by molar-refractivity contribution is 6.06. The van der Waals surface area contributed by atoms with E-state index in [1.54, 1.807) is 32.4 Å². The van der Waals surface area contributed by atoms with Gasteiger partial charge >= 0.3 is 6.09 Å². The number of halogens is 1. The van der Waals surface area contributed by atoms with Gasteiger partial charge in [0.05, 0.1) is 7.11 Å². The van der Waals surface area contributed by atoms with Gasteiger partial charge in [-0.05, 0) is 95.0 Å². The smallest absolute Gasteiger partial charge is 0.410 e. The van der Waals surface area contributed by atoms with E-state index in [0.717, 1.165) is 42.8 Å². The van der Waals surface area contributed by atoms with Gasteiger partial charge in [-0.15, -0.1) is 0 Å². The third kappa shape index (κ3) is 6.16. The van der Waals surface area contributed by atoms with Crippen molar-refractivity contribution in [3.05, 3.63) is 84.2 Å². The average Bonchev–Trinajstić information content (AvgIpc) is 3.22. The summed E-state index contributed by atoms with van der Waals surface area (Å²) in [4.78, 5) is 32.3. The first kappa shape index (κ1) is 28.5. The van der Waals surface area contributed by atoms with E-state index < -0.39 is 11.4 Å². The first-order chi connectivity index (χ1) is 19.5. The van der Waals surface area contributed by atoms with Crippen LogP contribution in [0, 0.1) is 5.82 Å². The Labute approximate surface area is 241 Å². The number of nitrogens with zero attached hydrogens (tertiary/aromatic N) is 3. The number of fused-ring (bicyclic) bond motifs is 2. The van der Waals surface area contributed by atoms with Crippen molar-refractivity contribution in [2.45, 2.75) is 70.2 Å². The number of rotatable bonds is 6. The third-order valence-corrected chi connectivity index (χ3v) is 7.88. The highest BCUT2D eigenvalue weighted by Crippen LogP contribution is 2.43. The van der Waals surface area contributed by atoms with Crippen LogP contribution in [0.25, 0.3) is 0 Å². The fourth-order valence-electron chi connectivity index (χ4n) is 6.09. The molecule has 216 valence electrons. The van der Waals surface area contributed by atoms with Crippen LogP contribution in [-0.4, -0.2) is 54.8 Å². The summed E-state index contributed by atoms with van der Waals surface area (Å²) in [6.07, 6.45) is 3.17. The van der Waals surface area contributed by atoms with Crippen molar-refractivity contribution in [2.24, 2.45) is 0 Å². The molecule has 41 heavy (non-hydrogen) atoms. The van der Waals surface area contributed by atoms with E-state index in [1.807, 2.05) is 68.1 Å². The SMILES string of the molecule is COc1cccc(N(c2cccc(C(=O)N(C)c3cccc(F)c3)c2)C2CC3CCC(C2)N3C(=O)OC(C)(C)C)c1. The fraction of sp³-hybridized carbons (Fsp3) is 0.394. The molecule has 3 aromatic carbocycles. The zero-order chi connectivity index (χ0) is 29.3.